The summed E-state index contributed by atoms with van der Waals surface area (Å²) < 4.78 is 0. The summed E-state index contributed by atoms with van der Waals surface area (Å²) in [5.74, 6) is -2.85. The number of rotatable bonds is 7. The second kappa shape index (κ2) is 9.64. The third kappa shape index (κ3) is 5.23. The highest BCUT2D eigenvalue weighted by Gasteiger charge is 2.38. The second-order valence-corrected chi connectivity index (χ2v) is 8.21. The Balaban J connectivity index is 1.84. The number of nitrogens with zero attached hydrogens (tertiary/aromatic N) is 2. The van der Waals surface area contributed by atoms with Crippen LogP contribution >= 0.6 is 0 Å². The molecule has 2 aromatic rings. The number of carbonyl (C=O) groups is 3. The van der Waals surface area contributed by atoms with E-state index in [9.17, 15) is 24.6 Å². The predicted octanol–water partition coefficient (Wildman–Crippen LogP) is 3.27. The van der Waals surface area contributed by atoms with Crippen LogP contribution in [-0.2, 0) is 29.0 Å². The van der Waals surface area contributed by atoms with E-state index in [0.29, 0.717) is 0 Å². The maximum absolute atomic E-state index is 13.5. The summed E-state index contributed by atoms with van der Waals surface area (Å²) >= 11 is 0. The molecule has 2 amide bonds. The van der Waals surface area contributed by atoms with Gasteiger partial charge in [-0.05, 0) is 37.0 Å². The molecule has 0 radical (unpaired) electrons. The highest BCUT2D eigenvalue weighted by atomic mass is 16.4. The Morgan fingerprint density at radius 3 is 2.19 bits per heavy atom. The van der Waals surface area contributed by atoms with Gasteiger partial charge in [-0.1, -0.05) is 54.6 Å². The first-order chi connectivity index (χ1) is 14.8. The van der Waals surface area contributed by atoms with Gasteiger partial charge in [0.25, 0.3) is 0 Å². The molecule has 0 saturated carbocycles. The van der Waals surface area contributed by atoms with Crippen LogP contribution in [0.2, 0.25) is 0 Å². The fourth-order valence-corrected chi connectivity index (χ4v) is 3.99. The van der Waals surface area contributed by atoms with E-state index in [1.54, 1.807) is 0 Å². The molecule has 3 rings (SSSR count). The van der Waals surface area contributed by atoms with E-state index < -0.39 is 29.9 Å². The van der Waals surface area contributed by atoms with Gasteiger partial charge in [0, 0.05) is 25.6 Å². The van der Waals surface area contributed by atoms with Crippen molar-refractivity contribution in [1.29, 1.82) is 0 Å². The lowest BCUT2D eigenvalue weighted by molar-refractivity contribution is -0.144. The summed E-state index contributed by atoms with van der Waals surface area (Å²) in [5, 5.41) is 19.5. The van der Waals surface area contributed by atoms with Crippen LogP contribution < -0.4 is 0 Å². The van der Waals surface area contributed by atoms with E-state index in [4.69, 9.17) is 0 Å². The molecule has 7 nitrogen and oxygen atoms in total. The van der Waals surface area contributed by atoms with Crippen LogP contribution in [0, 0.1) is 5.92 Å². The molecule has 0 saturated heterocycles. The molecule has 0 spiro atoms. The summed E-state index contributed by atoms with van der Waals surface area (Å²) in [6.07, 6.45) is 0.521. The van der Waals surface area contributed by atoms with Gasteiger partial charge in [-0.15, -0.1) is 0 Å². The first-order valence-corrected chi connectivity index (χ1v) is 10.4. The van der Waals surface area contributed by atoms with Crippen molar-refractivity contribution in [3.63, 3.8) is 0 Å². The molecule has 1 aliphatic heterocycles. The fraction of sp³-hybridized carbons (Fsp3) is 0.375. The van der Waals surface area contributed by atoms with Gasteiger partial charge in [0.15, 0.2) is 0 Å². The Kier molecular flexibility index (Phi) is 6.95. The summed E-state index contributed by atoms with van der Waals surface area (Å²) in [4.78, 5) is 40.2. The van der Waals surface area contributed by atoms with Gasteiger partial charge in [-0.3, -0.25) is 4.79 Å². The van der Waals surface area contributed by atoms with Gasteiger partial charge >= 0.3 is 18.0 Å². The minimum absolute atomic E-state index is 0.00517. The molecule has 31 heavy (non-hydrogen) atoms. The molecule has 7 heteroatoms. The number of carbonyl (C=O) groups excluding carboxylic acids is 1. The quantitative estimate of drug-likeness (QED) is 0.711. The Labute approximate surface area is 181 Å². The molecular weight excluding hydrogens is 396 g/mol. The molecule has 2 N–H and O–H groups in total. The topological polar surface area (TPSA) is 98.2 Å². The van der Waals surface area contributed by atoms with Gasteiger partial charge in [0.05, 0.1) is 5.92 Å². The first-order valence-electron chi connectivity index (χ1n) is 10.4. The number of fused-ring (bicyclic) bond motifs is 1. The average Bonchev–Trinajstić information content (AvgIpc) is 2.75. The molecule has 0 aromatic heterocycles. The van der Waals surface area contributed by atoms with Crippen LogP contribution in [0.1, 0.15) is 30.5 Å². The third-order valence-corrected chi connectivity index (χ3v) is 5.74. The van der Waals surface area contributed by atoms with Crippen molar-refractivity contribution in [3.8, 4) is 0 Å². The number of benzene rings is 2. The maximum atomic E-state index is 13.5. The van der Waals surface area contributed by atoms with Crippen LogP contribution in [0.3, 0.4) is 0 Å². The zero-order chi connectivity index (χ0) is 22.5. The van der Waals surface area contributed by atoms with Gasteiger partial charge < -0.3 is 20.0 Å². The molecule has 1 heterocycles. The highest BCUT2D eigenvalue weighted by Crippen LogP contribution is 2.26. The Morgan fingerprint density at radius 2 is 1.61 bits per heavy atom. The Bertz CT molecular complexity index is 944. The molecule has 0 aliphatic carbocycles. The normalized spacial score (nSPS) is 16.5. The van der Waals surface area contributed by atoms with Crippen molar-refractivity contribution < 1.29 is 24.6 Å². The number of carboxylic acids is 2. The van der Waals surface area contributed by atoms with Crippen LogP contribution in [0.15, 0.2) is 54.6 Å². The van der Waals surface area contributed by atoms with E-state index in [2.05, 4.69) is 0 Å². The van der Waals surface area contributed by atoms with Gasteiger partial charge in [0.2, 0.25) is 0 Å². The van der Waals surface area contributed by atoms with E-state index >= 15 is 0 Å². The van der Waals surface area contributed by atoms with Crippen molar-refractivity contribution in [3.05, 3.63) is 71.3 Å². The fourth-order valence-electron chi connectivity index (χ4n) is 3.99. The number of aliphatic carboxylic acids is 2. The lowest BCUT2D eigenvalue weighted by Crippen LogP contribution is -2.56. The number of urea groups is 1. The number of hydrogen-bond donors (Lipinski definition) is 2. The van der Waals surface area contributed by atoms with Crippen LogP contribution in [0.5, 0.6) is 0 Å². The molecule has 164 valence electrons. The molecule has 2 atom stereocenters. The molecular formula is C24H28N2O5. The zero-order valence-corrected chi connectivity index (χ0v) is 17.8. The number of amides is 2. The number of hydrogen-bond acceptors (Lipinski definition) is 3. The minimum Gasteiger partial charge on any atom is -0.481 e. The van der Waals surface area contributed by atoms with E-state index in [1.807, 2.05) is 68.4 Å². The molecule has 2 aromatic carbocycles. The van der Waals surface area contributed by atoms with Gasteiger partial charge in [-0.25, -0.2) is 9.59 Å². The summed E-state index contributed by atoms with van der Waals surface area (Å²) in [6, 6.07) is 15.1. The monoisotopic (exact) mass is 424 g/mol. The largest absolute Gasteiger partial charge is 0.481 e. The Hall–Kier alpha value is -3.35. The summed E-state index contributed by atoms with van der Waals surface area (Å²) in [7, 11) is 0. The zero-order valence-electron chi connectivity index (χ0n) is 17.8. The lowest BCUT2D eigenvalue weighted by atomic mass is 9.94. The van der Waals surface area contributed by atoms with E-state index in [1.165, 1.54) is 9.80 Å². The van der Waals surface area contributed by atoms with Crippen molar-refractivity contribution in [2.24, 2.45) is 5.92 Å². The van der Waals surface area contributed by atoms with Crippen molar-refractivity contribution in [2.75, 3.05) is 6.54 Å². The van der Waals surface area contributed by atoms with Crippen molar-refractivity contribution in [1.82, 2.24) is 9.80 Å². The van der Waals surface area contributed by atoms with Crippen LogP contribution in [0.25, 0.3) is 0 Å². The lowest BCUT2D eigenvalue weighted by Gasteiger charge is -2.40. The SMILES string of the molecule is CC(C)N(C[C@@H](Cc1ccccc1)C(=O)O)C(=O)N1Cc2ccccc2C[C@H]1C(=O)O. The van der Waals surface area contributed by atoms with Crippen LogP contribution in [0.4, 0.5) is 4.79 Å². The molecule has 0 fully saturated rings. The summed E-state index contributed by atoms with van der Waals surface area (Å²) in [6.45, 7) is 3.82. The predicted molar refractivity (Wildman–Crippen MR) is 116 cm³/mol. The molecule has 0 bridgehead atoms. The summed E-state index contributed by atoms with van der Waals surface area (Å²) in [5.41, 5.74) is 2.71. The van der Waals surface area contributed by atoms with Crippen molar-refractivity contribution >= 4 is 18.0 Å². The Morgan fingerprint density at radius 1 is 1.00 bits per heavy atom. The third-order valence-electron chi connectivity index (χ3n) is 5.74. The van der Waals surface area contributed by atoms with E-state index in [-0.39, 0.29) is 32.0 Å². The average molecular weight is 424 g/mol. The molecule has 1 aliphatic rings. The smallest absolute Gasteiger partial charge is 0.326 e. The standard InChI is InChI=1S/C24H28N2O5/c1-16(2)25(15-20(22(27)28)12-17-8-4-3-5-9-17)24(31)26-14-19-11-7-6-10-18(19)13-21(26)23(29)30/h3-11,16,20-21H,12-15H2,1-2H3,(H,27,28)(H,29,30)/t20-,21+/m1/s1. The first kappa shape index (κ1) is 22.3. The maximum Gasteiger partial charge on any atom is 0.326 e. The number of carboxylic acid groups (broad SMARTS) is 2. The van der Waals surface area contributed by atoms with Gasteiger partial charge in [-0.2, -0.15) is 0 Å². The molecule has 0 unspecified atom stereocenters. The minimum atomic E-state index is -1.06. The van der Waals surface area contributed by atoms with Crippen molar-refractivity contribution in [2.45, 2.75) is 45.3 Å². The van der Waals surface area contributed by atoms with Crippen LogP contribution in [-0.4, -0.2) is 56.6 Å². The van der Waals surface area contributed by atoms with Gasteiger partial charge in [0.1, 0.15) is 6.04 Å². The van der Waals surface area contributed by atoms with E-state index in [0.717, 1.165) is 16.7 Å². The second-order valence-electron chi connectivity index (χ2n) is 8.21. The highest BCUT2D eigenvalue weighted by molar-refractivity contribution is 5.84.